The summed E-state index contributed by atoms with van der Waals surface area (Å²) in [5.74, 6) is 0. The third kappa shape index (κ3) is 5.52. The van der Waals surface area contributed by atoms with Crippen molar-refractivity contribution in [3.63, 3.8) is 0 Å². The highest BCUT2D eigenvalue weighted by atomic mass is 35.5. The van der Waals surface area contributed by atoms with Gasteiger partial charge in [0.2, 0.25) is 0 Å². The number of rotatable bonds is 9. The van der Waals surface area contributed by atoms with Gasteiger partial charge in [-0.2, -0.15) is 0 Å². The van der Waals surface area contributed by atoms with Crippen LogP contribution in [0.15, 0.2) is 43.0 Å². The Kier molecular flexibility index (Phi) is 6.77. The van der Waals surface area contributed by atoms with Crippen LogP contribution in [0, 0.1) is 0 Å². The zero-order chi connectivity index (χ0) is 14.9. The van der Waals surface area contributed by atoms with Crippen molar-refractivity contribution in [1.82, 2.24) is 9.55 Å². The van der Waals surface area contributed by atoms with E-state index in [1.807, 2.05) is 43.0 Å². The Labute approximate surface area is 131 Å². The minimum atomic E-state index is 0.367. The largest absolute Gasteiger partial charge is 0.375 e. The molecule has 114 valence electrons. The van der Waals surface area contributed by atoms with E-state index < -0.39 is 0 Å². The number of imidazole rings is 1. The van der Waals surface area contributed by atoms with E-state index in [2.05, 4.69) is 16.5 Å². The van der Waals surface area contributed by atoms with Gasteiger partial charge in [0, 0.05) is 17.4 Å². The fourth-order valence-electron chi connectivity index (χ4n) is 2.33. The van der Waals surface area contributed by atoms with Gasteiger partial charge in [-0.25, -0.2) is 4.98 Å². The number of hydrogen-bond donors (Lipinski definition) is 0. The molecule has 0 N–H and O–H groups in total. The summed E-state index contributed by atoms with van der Waals surface area (Å²) in [4.78, 5) is 4.14. The van der Waals surface area contributed by atoms with Crippen LogP contribution in [0.5, 0.6) is 0 Å². The molecule has 2 rings (SSSR count). The maximum Gasteiger partial charge on any atom is 0.0949 e. The molecule has 1 aromatic heterocycles. The maximum atomic E-state index is 5.88. The van der Waals surface area contributed by atoms with Crippen LogP contribution in [0.1, 0.15) is 44.2 Å². The highest BCUT2D eigenvalue weighted by molar-refractivity contribution is 6.30. The van der Waals surface area contributed by atoms with Gasteiger partial charge < -0.3 is 9.30 Å². The van der Waals surface area contributed by atoms with Gasteiger partial charge >= 0.3 is 0 Å². The number of ether oxygens (including phenoxy) is 1. The summed E-state index contributed by atoms with van der Waals surface area (Å²) in [7, 11) is 0. The van der Waals surface area contributed by atoms with Crippen LogP contribution in [-0.4, -0.2) is 16.2 Å². The molecule has 21 heavy (non-hydrogen) atoms. The summed E-state index contributed by atoms with van der Waals surface area (Å²) in [6.45, 7) is 3.56. The van der Waals surface area contributed by atoms with E-state index in [0.29, 0.717) is 19.3 Å². The maximum absolute atomic E-state index is 5.88. The lowest BCUT2D eigenvalue weighted by Crippen LogP contribution is -2.14. The quantitative estimate of drug-likeness (QED) is 0.618. The minimum Gasteiger partial charge on any atom is -0.375 e. The Morgan fingerprint density at radius 2 is 2.05 bits per heavy atom. The summed E-state index contributed by atoms with van der Waals surface area (Å²) in [5.41, 5.74) is 1.15. The van der Waals surface area contributed by atoms with Crippen molar-refractivity contribution in [2.75, 3.05) is 6.61 Å². The average molecular weight is 307 g/mol. The SMILES string of the molecule is CCCCCC(COCc1ccc(Cl)cc1)n1ccnc1. The summed E-state index contributed by atoms with van der Waals surface area (Å²) in [6, 6.07) is 8.17. The molecule has 0 amide bonds. The third-order valence-corrected chi connectivity index (χ3v) is 3.83. The molecule has 0 aliphatic heterocycles. The summed E-state index contributed by atoms with van der Waals surface area (Å²) < 4.78 is 8.03. The predicted octanol–water partition coefficient (Wildman–Crippen LogP) is 4.87. The second-order valence-corrected chi connectivity index (χ2v) is 5.74. The van der Waals surface area contributed by atoms with Crippen LogP contribution in [0.2, 0.25) is 5.02 Å². The molecule has 1 aromatic carbocycles. The lowest BCUT2D eigenvalue weighted by atomic mass is 10.1. The molecule has 2 aromatic rings. The van der Waals surface area contributed by atoms with Crippen molar-refractivity contribution in [1.29, 1.82) is 0 Å². The summed E-state index contributed by atoms with van der Waals surface area (Å²) in [5, 5.41) is 0.759. The van der Waals surface area contributed by atoms with Crippen molar-refractivity contribution >= 4 is 11.6 Å². The zero-order valence-electron chi connectivity index (χ0n) is 12.5. The third-order valence-electron chi connectivity index (χ3n) is 3.58. The van der Waals surface area contributed by atoms with Crippen molar-refractivity contribution < 1.29 is 4.74 Å². The Balaban J connectivity index is 1.82. The van der Waals surface area contributed by atoms with Gasteiger partial charge in [0.25, 0.3) is 0 Å². The molecule has 1 unspecified atom stereocenters. The highest BCUT2D eigenvalue weighted by Crippen LogP contribution is 2.17. The lowest BCUT2D eigenvalue weighted by molar-refractivity contribution is 0.0862. The van der Waals surface area contributed by atoms with Crippen LogP contribution in [0.3, 0.4) is 0 Å². The first-order chi connectivity index (χ1) is 10.3. The monoisotopic (exact) mass is 306 g/mol. The van der Waals surface area contributed by atoms with Crippen LogP contribution >= 0.6 is 11.6 Å². The van der Waals surface area contributed by atoms with Crippen molar-refractivity contribution in [2.45, 2.75) is 45.3 Å². The molecule has 1 atom stereocenters. The predicted molar refractivity (Wildman–Crippen MR) is 86.5 cm³/mol. The van der Waals surface area contributed by atoms with Gasteiger partial charge in [0.1, 0.15) is 0 Å². The van der Waals surface area contributed by atoms with Crippen LogP contribution in [-0.2, 0) is 11.3 Å². The van der Waals surface area contributed by atoms with Gasteiger partial charge in [-0.1, -0.05) is 49.9 Å². The number of benzene rings is 1. The Hall–Kier alpha value is -1.32. The summed E-state index contributed by atoms with van der Waals surface area (Å²) >= 11 is 5.88. The van der Waals surface area contributed by atoms with Crippen LogP contribution in [0.25, 0.3) is 0 Å². The molecule has 0 radical (unpaired) electrons. The molecular weight excluding hydrogens is 284 g/mol. The van der Waals surface area contributed by atoms with Gasteiger partial charge in [-0.05, 0) is 24.1 Å². The van der Waals surface area contributed by atoms with E-state index in [1.54, 1.807) is 0 Å². The molecule has 0 spiro atoms. The molecular formula is C17H23ClN2O. The summed E-state index contributed by atoms with van der Waals surface area (Å²) in [6.07, 6.45) is 10.6. The molecule has 0 aliphatic rings. The molecule has 3 nitrogen and oxygen atoms in total. The number of aromatic nitrogens is 2. The molecule has 0 fully saturated rings. The van der Waals surface area contributed by atoms with E-state index in [0.717, 1.165) is 17.0 Å². The molecule has 0 bridgehead atoms. The van der Waals surface area contributed by atoms with Crippen molar-refractivity contribution in [3.8, 4) is 0 Å². The zero-order valence-corrected chi connectivity index (χ0v) is 13.3. The van der Waals surface area contributed by atoms with Gasteiger partial charge in [-0.15, -0.1) is 0 Å². The first-order valence-corrected chi connectivity index (χ1v) is 7.97. The standard InChI is InChI=1S/C17H23ClN2O/c1-2-3-4-5-17(20-11-10-19-14-20)13-21-12-15-6-8-16(18)9-7-15/h6-11,14,17H,2-5,12-13H2,1H3. The fraction of sp³-hybridized carbons (Fsp3) is 0.471. The van der Waals surface area contributed by atoms with E-state index in [-0.39, 0.29) is 0 Å². The number of hydrogen-bond acceptors (Lipinski definition) is 2. The lowest BCUT2D eigenvalue weighted by Gasteiger charge is -2.18. The first kappa shape index (κ1) is 16.1. The molecule has 1 heterocycles. The molecule has 0 saturated carbocycles. The fourth-order valence-corrected chi connectivity index (χ4v) is 2.45. The van der Waals surface area contributed by atoms with E-state index in [9.17, 15) is 0 Å². The van der Waals surface area contributed by atoms with Gasteiger partial charge in [0.05, 0.1) is 25.6 Å². The van der Waals surface area contributed by atoms with Crippen LogP contribution < -0.4 is 0 Å². The molecule has 0 saturated heterocycles. The van der Waals surface area contributed by atoms with E-state index in [4.69, 9.17) is 16.3 Å². The van der Waals surface area contributed by atoms with Crippen LogP contribution in [0.4, 0.5) is 0 Å². The van der Waals surface area contributed by atoms with E-state index in [1.165, 1.54) is 19.3 Å². The smallest absolute Gasteiger partial charge is 0.0949 e. The first-order valence-electron chi connectivity index (χ1n) is 7.59. The molecule has 4 heteroatoms. The Bertz CT molecular complexity index is 496. The van der Waals surface area contributed by atoms with Crippen molar-refractivity contribution in [3.05, 3.63) is 53.6 Å². The second kappa shape index (κ2) is 8.85. The topological polar surface area (TPSA) is 27.1 Å². The number of nitrogens with zero attached hydrogens (tertiary/aromatic N) is 2. The van der Waals surface area contributed by atoms with Gasteiger partial charge in [-0.3, -0.25) is 0 Å². The Morgan fingerprint density at radius 3 is 2.71 bits per heavy atom. The number of unbranched alkanes of at least 4 members (excludes halogenated alkanes) is 2. The minimum absolute atomic E-state index is 0.367. The van der Waals surface area contributed by atoms with E-state index >= 15 is 0 Å². The van der Waals surface area contributed by atoms with Crippen molar-refractivity contribution in [2.24, 2.45) is 0 Å². The second-order valence-electron chi connectivity index (χ2n) is 5.30. The number of halogens is 1. The average Bonchev–Trinajstić information content (AvgIpc) is 3.02. The molecule has 0 aliphatic carbocycles. The van der Waals surface area contributed by atoms with Gasteiger partial charge in [0.15, 0.2) is 0 Å². The highest BCUT2D eigenvalue weighted by Gasteiger charge is 2.10. The normalized spacial score (nSPS) is 12.5. The Morgan fingerprint density at radius 1 is 1.24 bits per heavy atom.